The lowest BCUT2D eigenvalue weighted by molar-refractivity contribution is -0.151. The Hall–Kier alpha value is -3.09. The topological polar surface area (TPSA) is 99.9 Å². The summed E-state index contributed by atoms with van der Waals surface area (Å²) in [6, 6.07) is 8.33. The van der Waals surface area contributed by atoms with Crippen LogP contribution in [0, 0.1) is 0 Å². The van der Waals surface area contributed by atoms with E-state index in [0.29, 0.717) is 12.0 Å². The molecule has 7 nitrogen and oxygen atoms in total. The average molecular weight is 342 g/mol. The number of carboxylic acid groups (broad SMARTS) is 1. The molecule has 1 aliphatic rings. The molecule has 0 spiro atoms. The second-order valence-corrected chi connectivity index (χ2v) is 5.89. The summed E-state index contributed by atoms with van der Waals surface area (Å²) in [5.74, 6) is -1.96. The van der Waals surface area contributed by atoms with E-state index in [1.807, 2.05) is 12.1 Å². The van der Waals surface area contributed by atoms with Gasteiger partial charge in [-0.2, -0.15) is 0 Å². The van der Waals surface area contributed by atoms with Crippen molar-refractivity contribution >= 4 is 17.8 Å². The summed E-state index contributed by atoms with van der Waals surface area (Å²) in [5, 5.41) is 12.2. The molecule has 7 heteroatoms. The Morgan fingerprint density at radius 1 is 1.24 bits per heavy atom. The van der Waals surface area contributed by atoms with Crippen molar-refractivity contribution in [1.82, 2.24) is 10.2 Å². The predicted molar refractivity (Wildman–Crippen MR) is 87.9 cm³/mol. The first kappa shape index (κ1) is 16.8. The van der Waals surface area contributed by atoms with Crippen LogP contribution in [0.3, 0.4) is 0 Å². The molecule has 25 heavy (non-hydrogen) atoms. The third-order valence-corrected chi connectivity index (χ3v) is 4.26. The summed E-state index contributed by atoms with van der Waals surface area (Å²) >= 11 is 0. The Bertz CT molecular complexity index is 800. The van der Waals surface area contributed by atoms with E-state index in [9.17, 15) is 19.5 Å². The molecule has 1 aromatic carbocycles. The molecule has 2 unspecified atom stereocenters. The summed E-state index contributed by atoms with van der Waals surface area (Å²) in [5.41, 5.74) is 1.53. The number of fused-ring (bicyclic) bond motifs is 1. The zero-order valence-electron chi connectivity index (χ0n) is 13.6. The number of aliphatic carboxylic acids is 1. The van der Waals surface area contributed by atoms with Crippen LogP contribution in [0.4, 0.5) is 0 Å². The summed E-state index contributed by atoms with van der Waals surface area (Å²) < 4.78 is 5.00. The number of carbonyl (C=O) groups is 3. The van der Waals surface area contributed by atoms with E-state index in [2.05, 4.69) is 5.32 Å². The van der Waals surface area contributed by atoms with Gasteiger partial charge in [0.15, 0.2) is 11.8 Å². The second kappa shape index (κ2) is 6.80. The number of amides is 2. The lowest BCUT2D eigenvalue weighted by atomic mass is 9.92. The molecule has 1 aromatic heterocycles. The van der Waals surface area contributed by atoms with Gasteiger partial charge >= 0.3 is 5.97 Å². The normalized spacial score (nSPS) is 17.5. The van der Waals surface area contributed by atoms with Crippen LogP contribution >= 0.6 is 0 Å². The van der Waals surface area contributed by atoms with Gasteiger partial charge in [-0.3, -0.25) is 9.59 Å². The minimum absolute atomic E-state index is 0.0958. The molecule has 130 valence electrons. The molecular weight excluding hydrogens is 324 g/mol. The number of carboxylic acids is 1. The zero-order chi connectivity index (χ0) is 18.0. The largest absolute Gasteiger partial charge is 0.479 e. The third kappa shape index (κ3) is 3.26. The first-order valence-corrected chi connectivity index (χ1v) is 7.94. The van der Waals surface area contributed by atoms with Crippen LogP contribution in [-0.4, -0.2) is 40.4 Å². The Kier molecular flexibility index (Phi) is 4.56. The minimum Gasteiger partial charge on any atom is -0.479 e. The molecule has 2 atom stereocenters. The van der Waals surface area contributed by atoms with Gasteiger partial charge in [-0.05, 0) is 36.6 Å². The molecule has 3 rings (SSSR count). The van der Waals surface area contributed by atoms with Crippen LogP contribution < -0.4 is 5.32 Å². The van der Waals surface area contributed by atoms with Crippen molar-refractivity contribution in [3.63, 3.8) is 0 Å². The van der Waals surface area contributed by atoms with E-state index in [4.69, 9.17) is 4.42 Å². The first-order valence-electron chi connectivity index (χ1n) is 7.94. The molecule has 2 heterocycles. The van der Waals surface area contributed by atoms with E-state index in [1.165, 1.54) is 24.2 Å². The number of furan rings is 1. The van der Waals surface area contributed by atoms with Gasteiger partial charge in [0.25, 0.3) is 5.91 Å². The van der Waals surface area contributed by atoms with Gasteiger partial charge in [0.05, 0.1) is 6.26 Å². The number of rotatable bonds is 4. The minimum atomic E-state index is -1.09. The number of benzene rings is 1. The van der Waals surface area contributed by atoms with E-state index >= 15 is 0 Å². The summed E-state index contributed by atoms with van der Waals surface area (Å²) in [7, 11) is 0. The van der Waals surface area contributed by atoms with Crippen LogP contribution in [0.15, 0.2) is 47.1 Å². The van der Waals surface area contributed by atoms with Crippen molar-refractivity contribution in [3.8, 4) is 0 Å². The second-order valence-electron chi connectivity index (χ2n) is 5.89. The van der Waals surface area contributed by atoms with Crippen molar-refractivity contribution in [1.29, 1.82) is 0 Å². The highest BCUT2D eigenvalue weighted by Crippen LogP contribution is 2.30. The van der Waals surface area contributed by atoms with Crippen LogP contribution in [0.5, 0.6) is 0 Å². The third-order valence-electron chi connectivity index (χ3n) is 4.26. The van der Waals surface area contributed by atoms with Crippen LogP contribution in [0.25, 0.3) is 0 Å². The van der Waals surface area contributed by atoms with Gasteiger partial charge < -0.3 is 19.7 Å². The SMILES string of the molecule is CC(NC(=O)c1ccco1)C(=O)N1CCc2ccccc2C1C(=O)O. The molecule has 2 N–H and O–H groups in total. The van der Waals surface area contributed by atoms with Crippen molar-refractivity contribution in [2.24, 2.45) is 0 Å². The smallest absolute Gasteiger partial charge is 0.331 e. The lowest BCUT2D eigenvalue weighted by Crippen LogP contribution is -2.51. The Labute approximate surface area is 144 Å². The number of nitrogens with one attached hydrogen (secondary N) is 1. The molecule has 0 radical (unpaired) electrons. The standard InChI is InChI=1S/C18H18N2O5/c1-11(19-16(21)14-7-4-10-25-14)17(22)20-9-8-12-5-2-3-6-13(12)15(20)18(23)24/h2-7,10-11,15H,8-9H2,1H3,(H,19,21)(H,23,24). The number of nitrogens with zero attached hydrogens (tertiary/aromatic N) is 1. The Morgan fingerprint density at radius 3 is 2.68 bits per heavy atom. The van der Waals surface area contributed by atoms with E-state index < -0.39 is 29.9 Å². The highest BCUT2D eigenvalue weighted by Gasteiger charge is 2.37. The maximum absolute atomic E-state index is 12.7. The Morgan fingerprint density at radius 2 is 2.00 bits per heavy atom. The molecule has 2 amide bonds. The summed E-state index contributed by atoms with van der Waals surface area (Å²) in [4.78, 5) is 37.8. The molecule has 0 aliphatic carbocycles. The molecule has 2 aromatic rings. The monoisotopic (exact) mass is 342 g/mol. The first-order chi connectivity index (χ1) is 12.0. The highest BCUT2D eigenvalue weighted by atomic mass is 16.4. The van der Waals surface area contributed by atoms with Crippen LogP contribution in [0.1, 0.15) is 34.6 Å². The van der Waals surface area contributed by atoms with Gasteiger partial charge in [-0.25, -0.2) is 4.79 Å². The molecule has 1 aliphatic heterocycles. The number of hydrogen-bond donors (Lipinski definition) is 2. The summed E-state index contributed by atoms with van der Waals surface area (Å²) in [6.45, 7) is 1.82. The quantitative estimate of drug-likeness (QED) is 0.879. The molecule has 0 saturated heterocycles. The van der Waals surface area contributed by atoms with Crippen molar-refractivity contribution in [2.75, 3.05) is 6.54 Å². The van der Waals surface area contributed by atoms with E-state index in [-0.39, 0.29) is 12.3 Å². The predicted octanol–water partition coefficient (Wildman–Crippen LogP) is 1.61. The maximum atomic E-state index is 12.7. The maximum Gasteiger partial charge on any atom is 0.331 e. The molecule has 0 saturated carbocycles. The average Bonchev–Trinajstić information content (AvgIpc) is 3.14. The highest BCUT2D eigenvalue weighted by molar-refractivity contribution is 5.96. The van der Waals surface area contributed by atoms with Gasteiger partial charge in [-0.15, -0.1) is 0 Å². The van der Waals surface area contributed by atoms with Gasteiger partial charge in [0.1, 0.15) is 6.04 Å². The van der Waals surface area contributed by atoms with Crippen LogP contribution in [0.2, 0.25) is 0 Å². The van der Waals surface area contributed by atoms with Crippen molar-refractivity contribution in [2.45, 2.75) is 25.4 Å². The fourth-order valence-corrected chi connectivity index (χ4v) is 3.06. The van der Waals surface area contributed by atoms with Crippen LogP contribution in [-0.2, 0) is 16.0 Å². The molecular formula is C18H18N2O5. The van der Waals surface area contributed by atoms with Gasteiger partial charge in [0.2, 0.25) is 5.91 Å². The fourth-order valence-electron chi connectivity index (χ4n) is 3.06. The fraction of sp³-hybridized carbons (Fsp3) is 0.278. The van der Waals surface area contributed by atoms with Crippen molar-refractivity contribution < 1.29 is 23.9 Å². The lowest BCUT2D eigenvalue weighted by Gasteiger charge is -2.36. The number of hydrogen-bond acceptors (Lipinski definition) is 4. The molecule has 0 bridgehead atoms. The van der Waals surface area contributed by atoms with Crippen molar-refractivity contribution in [3.05, 3.63) is 59.5 Å². The molecule has 0 fully saturated rings. The van der Waals surface area contributed by atoms with E-state index in [0.717, 1.165) is 5.56 Å². The number of carbonyl (C=O) groups excluding carboxylic acids is 2. The van der Waals surface area contributed by atoms with Gasteiger partial charge in [0, 0.05) is 6.54 Å². The van der Waals surface area contributed by atoms with E-state index in [1.54, 1.807) is 18.2 Å². The Balaban J connectivity index is 1.79. The summed E-state index contributed by atoms with van der Waals surface area (Å²) in [6.07, 6.45) is 1.94. The zero-order valence-corrected chi connectivity index (χ0v) is 13.6. The van der Waals surface area contributed by atoms with Gasteiger partial charge in [-0.1, -0.05) is 24.3 Å².